The molecule has 23 heavy (non-hydrogen) atoms. The number of benzene rings is 2. The van der Waals surface area contributed by atoms with Gasteiger partial charge in [-0.15, -0.1) is 0 Å². The molecule has 0 aromatic heterocycles. The van der Waals surface area contributed by atoms with Crippen LogP contribution >= 0.6 is 0 Å². The average molecular weight is 355 g/mol. The largest absolute Gasteiger partial charge is 0.379 e. The molecule has 9 heteroatoms. The van der Waals surface area contributed by atoms with Crippen molar-refractivity contribution in [3.63, 3.8) is 0 Å². The van der Waals surface area contributed by atoms with Crippen LogP contribution in [0.3, 0.4) is 0 Å². The topological polar surface area (TPSA) is 99.1 Å². The van der Waals surface area contributed by atoms with Crippen LogP contribution in [0.5, 0.6) is 5.75 Å². The van der Waals surface area contributed by atoms with Crippen LogP contribution < -0.4 is 4.18 Å². The molecular formula is C14H13NO6S2. The highest BCUT2D eigenvalue weighted by molar-refractivity contribution is 7.87. The molecule has 0 saturated carbocycles. The third kappa shape index (κ3) is 4.08. The first-order chi connectivity index (χ1) is 10.7. The molecule has 0 radical (unpaired) electrons. The Morgan fingerprint density at radius 3 is 1.83 bits per heavy atom. The molecule has 2 rings (SSSR count). The number of oxime groups is 1. The van der Waals surface area contributed by atoms with Crippen molar-refractivity contribution in [3.05, 3.63) is 54.1 Å². The number of hydrogen-bond acceptors (Lipinski definition) is 7. The lowest BCUT2D eigenvalue weighted by atomic mass is 10.2. The summed E-state index contributed by atoms with van der Waals surface area (Å²) in [5.41, 5.74) is 0.911. The highest BCUT2D eigenvalue weighted by Crippen LogP contribution is 2.22. The molecule has 122 valence electrons. The second kappa shape index (κ2) is 6.39. The third-order valence-electron chi connectivity index (χ3n) is 2.78. The Kier molecular flexibility index (Phi) is 4.71. The summed E-state index contributed by atoms with van der Waals surface area (Å²) in [4.78, 5) is -0.205. The third-order valence-corrected chi connectivity index (χ3v) is 5.19. The van der Waals surface area contributed by atoms with E-state index in [1.807, 2.05) is 6.92 Å². The maximum atomic E-state index is 12.1. The van der Waals surface area contributed by atoms with Gasteiger partial charge < -0.3 is 4.18 Å². The molecule has 0 N–H and O–H groups in total. The number of hydrogen-bond donors (Lipinski definition) is 0. The maximum Gasteiger partial charge on any atom is 0.358 e. The van der Waals surface area contributed by atoms with Crippen LogP contribution in [0.4, 0.5) is 0 Å². The quantitative estimate of drug-likeness (QED) is 0.447. The number of nitrogens with zero attached hydrogens (tertiary/aromatic N) is 1. The van der Waals surface area contributed by atoms with Crippen LogP contribution in [0.2, 0.25) is 0 Å². The molecule has 0 aliphatic heterocycles. The maximum absolute atomic E-state index is 12.1. The van der Waals surface area contributed by atoms with Crippen LogP contribution in [0.25, 0.3) is 0 Å². The molecule has 2 aromatic carbocycles. The molecule has 0 bridgehead atoms. The van der Waals surface area contributed by atoms with Crippen LogP contribution in [0, 0.1) is 6.92 Å². The minimum atomic E-state index is -4.06. The first-order valence-electron chi connectivity index (χ1n) is 6.25. The van der Waals surface area contributed by atoms with Crippen molar-refractivity contribution < 1.29 is 25.3 Å². The molecular weight excluding hydrogens is 342 g/mol. The summed E-state index contributed by atoms with van der Waals surface area (Å²) in [5, 5.41) is 2.85. The van der Waals surface area contributed by atoms with Gasteiger partial charge in [0.05, 0.1) is 0 Å². The Morgan fingerprint density at radius 1 is 0.826 bits per heavy atom. The fourth-order valence-corrected chi connectivity index (χ4v) is 3.28. The van der Waals surface area contributed by atoms with E-state index in [1.54, 1.807) is 12.1 Å². The Morgan fingerprint density at radius 2 is 1.30 bits per heavy atom. The fourth-order valence-electron chi connectivity index (χ4n) is 1.65. The summed E-state index contributed by atoms with van der Waals surface area (Å²) < 4.78 is 56.5. The van der Waals surface area contributed by atoms with Gasteiger partial charge in [0.1, 0.15) is 15.5 Å². The zero-order chi connectivity index (χ0) is 17.1. The molecule has 0 aliphatic rings. The van der Waals surface area contributed by atoms with E-state index in [9.17, 15) is 16.8 Å². The first kappa shape index (κ1) is 17.0. The summed E-state index contributed by atoms with van der Waals surface area (Å²) in [5.74, 6) is -0.0314. The predicted octanol–water partition coefficient (Wildman–Crippen LogP) is 2.08. The molecule has 0 aliphatic carbocycles. The average Bonchev–Trinajstić information content (AvgIpc) is 2.48. The summed E-state index contributed by atoms with van der Waals surface area (Å²) >= 11 is 0. The molecule has 0 heterocycles. The van der Waals surface area contributed by atoms with E-state index in [0.717, 1.165) is 17.7 Å². The lowest BCUT2D eigenvalue weighted by Gasteiger charge is -2.08. The van der Waals surface area contributed by atoms with Gasteiger partial charge in [-0.3, -0.25) is 4.28 Å². The van der Waals surface area contributed by atoms with Gasteiger partial charge in [0, 0.05) is 6.72 Å². The van der Waals surface area contributed by atoms with E-state index in [0.29, 0.717) is 0 Å². The molecule has 0 unspecified atom stereocenters. The van der Waals surface area contributed by atoms with Gasteiger partial charge in [-0.2, -0.15) is 16.8 Å². The van der Waals surface area contributed by atoms with Gasteiger partial charge in [-0.1, -0.05) is 22.9 Å². The molecule has 0 atom stereocenters. The minimum Gasteiger partial charge on any atom is -0.379 e. The van der Waals surface area contributed by atoms with E-state index < -0.39 is 20.2 Å². The van der Waals surface area contributed by atoms with E-state index in [4.69, 9.17) is 4.18 Å². The van der Waals surface area contributed by atoms with Crippen LogP contribution in [0.15, 0.2) is 63.5 Å². The molecule has 2 aromatic rings. The zero-order valence-corrected chi connectivity index (χ0v) is 13.7. The number of aryl methyl sites for hydroxylation is 1. The minimum absolute atomic E-state index is 0.000936. The Balaban J connectivity index is 2.24. The summed E-state index contributed by atoms with van der Waals surface area (Å²) in [6.07, 6.45) is 0. The monoisotopic (exact) mass is 355 g/mol. The summed E-state index contributed by atoms with van der Waals surface area (Å²) in [6, 6.07) is 10.8. The van der Waals surface area contributed by atoms with Crippen molar-refractivity contribution in [2.45, 2.75) is 16.7 Å². The normalized spacial score (nSPS) is 11.7. The molecule has 0 saturated heterocycles. The van der Waals surface area contributed by atoms with Crippen LogP contribution in [0.1, 0.15) is 5.56 Å². The predicted molar refractivity (Wildman–Crippen MR) is 83.3 cm³/mol. The van der Waals surface area contributed by atoms with Gasteiger partial charge in [0.2, 0.25) is 0 Å². The summed E-state index contributed by atoms with van der Waals surface area (Å²) in [7, 11) is -8.06. The van der Waals surface area contributed by atoms with Gasteiger partial charge in [0.15, 0.2) is 0 Å². The van der Waals surface area contributed by atoms with Crippen LogP contribution in [-0.2, 0) is 24.5 Å². The van der Waals surface area contributed by atoms with Gasteiger partial charge in [-0.25, -0.2) is 0 Å². The lowest BCUT2D eigenvalue weighted by Crippen LogP contribution is -2.10. The van der Waals surface area contributed by atoms with E-state index in [-0.39, 0.29) is 15.5 Å². The first-order valence-corrected chi connectivity index (χ1v) is 9.07. The van der Waals surface area contributed by atoms with E-state index in [1.165, 1.54) is 24.3 Å². The zero-order valence-electron chi connectivity index (χ0n) is 12.0. The lowest BCUT2D eigenvalue weighted by molar-refractivity contribution is 0.342. The molecule has 0 fully saturated rings. The molecule has 0 amide bonds. The van der Waals surface area contributed by atoms with Gasteiger partial charge in [-0.05, 0) is 43.3 Å². The Labute approximate surface area is 134 Å². The smallest absolute Gasteiger partial charge is 0.358 e. The highest BCUT2D eigenvalue weighted by Gasteiger charge is 2.18. The van der Waals surface area contributed by atoms with Gasteiger partial charge in [0.25, 0.3) is 0 Å². The van der Waals surface area contributed by atoms with Crippen molar-refractivity contribution in [1.82, 2.24) is 0 Å². The van der Waals surface area contributed by atoms with Crippen LogP contribution in [-0.4, -0.2) is 23.6 Å². The summed E-state index contributed by atoms with van der Waals surface area (Å²) in [6.45, 7) is 4.75. The van der Waals surface area contributed by atoms with Crippen molar-refractivity contribution in [1.29, 1.82) is 0 Å². The Bertz CT molecular complexity index is 901. The van der Waals surface area contributed by atoms with E-state index in [2.05, 4.69) is 16.2 Å². The second-order valence-electron chi connectivity index (χ2n) is 4.48. The van der Waals surface area contributed by atoms with Crippen molar-refractivity contribution in [3.8, 4) is 5.75 Å². The molecule has 0 spiro atoms. The van der Waals surface area contributed by atoms with Gasteiger partial charge >= 0.3 is 20.2 Å². The second-order valence-corrected chi connectivity index (χ2v) is 7.55. The molecule has 7 nitrogen and oxygen atoms in total. The van der Waals surface area contributed by atoms with E-state index >= 15 is 0 Å². The van der Waals surface area contributed by atoms with Crippen molar-refractivity contribution in [2.75, 3.05) is 0 Å². The van der Waals surface area contributed by atoms with Crippen molar-refractivity contribution in [2.24, 2.45) is 5.16 Å². The SMILES string of the molecule is C=NOS(=O)(=O)c1ccc(OS(=O)(=O)c2ccc(C)cc2)cc1. The van der Waals surface area contributed by atoms with Crippen molar-refractivity contribution >= 4 is 27.0 Å². The number of rotatable bonds is 6. The Hall–Kier alpha value is -2.39. The standard InChI is InChI=1S/C14H13NO6S2/c1-11-3-7-13(8-4-11)22(16,17)20-12-5-9-14(10-6-12)23(18,19)21-15-2/h3-10H,2H2,1H3. The highest BCUT2D eigenvalue weighted by atomic mass is 32.2. The fraction of sp³-hybridized carbons (Fsp3) is 0.0714.